The molecule has 2 rings (SSSR count). The molecule has 0 fully saturated rings. The molecule has 1 atom stereocenters. The van der Waals surface area contributed by atoms with Gasteiger partial charge in [0.25, 0.3) is 5.91 Å². The molecular weight excluding hydrogens is 300 g/mol. The molecule has 0 unspecified atom stereocenters. The van der Waals surface area contributed by atoms with Crippen LogP contribution in [0, 0.1) is 5.92 Å². The number of fused-ring (bicyclic) bond motifs is 1. The summed E-state index contributed by atoms with van der Waals surface area (Å²) >= 11 is 0. The number of nitrogens with two attached hydrogens (primary N) is 1. The topological polar surface area (TPSA) is 123 Å². The van der Waals surface area contributed by atoms with E-state index in [0.717, 1.165) is 0 Å². The molecule has 0 bridgehead atoms. The highest BCUT2D eigenvalue weighted by molar-refractivity contribution is 5.98. The van der Waals surface area contributed by atoms with E-state index in [1.807, 2.05) is 13.8 Å². The molecule has 0 aliphatic carbocycles. The van der Waals surface area contributed by atoms with Gasteiger partial charge in [0, 0.05) is 11.8 Å². The molecule has 0 saturated carbocycles. The number of hydrogen-bond donors (Lipinski definition) is 4. The van der Waals surface area contributed by atoms with E-state index in [4.69, 9.17) is 10.5 Å². The number of benzene rings is 1. The molecule has 0 spiro atoms. The van der Waals surface area contributed by atoms with Crippen molar-refractivity contribution in [2.45, 2.75) is 19.9 Å². The quantitative estimate of drug-likeness (QED) is 0.611. The van der Waals surface area contributed by atoms with E-state index in [-0.39, 0.29) is 36.8 Å². The van der Waals surface area contributed by atoms with E-state index in [1.54, 1.807) is 18.2 Å². The third-order valence-corrected chi connectivity index (χ3v) is 3.34. The summed E-state index contributed by atoms with van der Waals surface area (Å²) in [6, 6.07) is 4.22. The molecule has 0 radical (unpaired) electrons. The summed E-state index contributed by atoms with van der Waals surface area (Å²) in [7, 11) is 0. The highest BCUT2D eigenvalue weighted by Crippen LogP contribution is 2.30. The average molecular weight is 320 g/mol. The van der Waals surface area contributed by atoms with Crippen LogP contribution in [0.3, 0.4) is 0 Å². The summed E-state index contributed by atoms with van der Waals surface area (Å²) < 4.78 is 5.26. The lowest BCUT2D eigenvalue weighted by Gasteiger charge is -2.19. The summed E-state index contributed by atoms with van der Waals surface area (Å²) in [4.78, 5) is 34.7. The number of nitrogens with one attached hydrogen (secondary N) is 3. The van der Waals surface area contributed by atoms with Gasteiger partial charge in [0.1, 0.15) is 5.75 Å². The zero-order valence-electron chi connectivity index (χ0n) is 13.0. The minimum atomic E-state index is -0.649. The van der Waals surface area contributed by atoms with Gasteiger partial charge in [-0.15, -0.1) is 0 Å². The number of carbonyl (C=O) groups is 3. The predicted molar refractivity (Wildman–Crippen MR) is 85.0 cm³/mol. The zero-order chi connectivity index (χ0) is 17.0. The summed E-state index contributed by atoms with van der Waals surface area (Å²) in [5, 5.41) is 7.78. The van der Waals surface area contributed by atoms with Crippen molar-refractivity contribution in [2.75, 3.05) is 23.8 Å². The SMILES string of the molecule is CC(C)[C@H](N)C(=O)NCC(=O)Nc1ccc2c(c1)OCC(=O)N2. The van der Waals surface area contributed by atoms with Crippen molar-refractivity contribution in [2.24, 2.45) is 11.7 Å². The van der Waals surface area contributed by atoms with Gasteiger partial charge in [0.05, 0.1) is 18.3 Å². The van der Waals surface area contributed by atoms with Crippen molar-refractivity contribution in [1.29, 1.82) is 0 Å². The van der Waals surface area contributed by atoms with Crippen molar-refractivity contribution in [1.82, 2.24) is 5.32 Å². The predicted octanol–water partition coefficient (Wildman–Crippen LogP) is 0.0555. The molecule has 1 aromatic carbocycles. The molecule has 1 aliphatic rings. The average Bonchev–Trinajstić information content (AvgIpc) is 2.51. The summed E-state index contributed by atoms with van der Waals surface area (Å²) in [6.07, 6.45) is 0. The van der Waals surface area contributed by atoms with Crippen LogP contribution in [-0.4, -0.2) is 36.9 Å². The van der Waals surface area contributed by atoms with Gasteiger partial charge in [0.15, 0.2) is 6.61 Å². The van der Waals surface area contributed by atoms with Crippen LogP contribution in [0.4, 0.5) is 11.4 Å². The van der Waals surface area contributed by atoms with Gasteiger partial charge in [-0.1, -0.05) is 13.8 Å². The smallest absolute Gasteiger partial charge is 0.262 e. The minimum Gasteiger partial charge on any atom is -0.482 e. The molecule has 8 nitrogen and oxygen atoms in total. The highest BCUT2D eigenvalue weighted by Gasteiger charge is 2.18. The molecule has 0 saturated heterocycles. The summed E-state index contributed by atoms with van der Waals surface area (Å²) in [6.45, 7) is 3.42. The first-order valence-corrected chi connectivity index (χ1v) is 7.26. The molecular formula is C15H20N4O4. The second-order valence-electron chi connectivity index (χ2n) is 5.58. The molecule has 1 aliphatic heterocycles. The van der Waals surface area contributed by atoms with Crippen LogP contribution in [0.25, 0.3) is 0 Å². The normalized spacial score (nSPS) is 14.3. The lowest BCUT2D eigenvalue weighted by molar-refractivity contribution is -0.125. The lowest BCUT2D eigenvalue weighted by Crippen LogP contribution is -2.46. The van der Waals surface area contributed by atoms with Gasteiger partial charge >= 0.3 is 0 Å². The fourth-order valence-corrected chi connectivity index (χ4v) is 1.95. The number of ether oxygens (including phenoxy) is 1. The molecule has 5 N–H and O–H groups in total. The Kier molecular flexibility index (Phi) is 5.17. The maximum Gasteiger partial charge on any atom is 0.262 e. The number of rotatable bonds is 5. The van der Waals surface area contributed by atoms with Gasteiger partial charge in [0.2, 0.25) is 11.8 Å². The third kappa shape index (κ3) is 4.43. The van der Waals surface area contributed by atoms with Gasteiger partial charge in [-0.3, -0.25) is 14.4 Å². The van der Waals surface area contributed by atoms with Crippen LogP contribution in [0.5, 0.6) is 5.75 Å². The number of amides is 3. The molecule has 1 aromatic rings. The van der Waals surface area contributed by atoms with Crippen LogP contribution < -0.4 is 26.4 Å². The van der Waals surface area contributed by atoms with Crippen LogP contribution in [0.15, 0.2) is 18.2 Å². The number of hydrogen-bond acceptors (Lipinski definition) is 5. The van der Waals surface area contributed by atoms with Crippen LogP contribution in [0.1, 0.15) is 13.8 Å². The van der Waals surface area contributed by atoms with E-state index in [2.05, 4.69) is 16.0 Å². The van der Waals surface area contributed by atoms with Gasteiger partial charge < -0.3 is 26.4 Å². The third-order valence-electron chi connectivity index (χ3n) is 3.34. The first-order chi connectivity index (χ1) is 10.9. The monoisotopic (exact) mass is 320 g/mol. The van der Waals surface area contributed by atoms with Crippen molar-refractivity contribution >= 4 is 29.1 Å². The maximum absolute atomic E-state index is 11.9. The van der Waals surface area contributed by atoms with Crippen molar-refractivity contribution in [3.8, 4) is 5.75 Å². The van der Waals surface area contributed by atoms with E-state index in [9.17, 15) is 14.4 Å². The summed E-state index contributed by atoms with van der Waals surface area (Å²) in [5.74, 6) is -0.501. The Hall–Kier alpha value is -2.61. The zero-order valence-corrected chi connectivity index (χ0v) is 13.0. The first-order valence-electron chi connectivity index (χ1n) is 7.26. The minimum absolute atomic E-state index is 0.00827. The molecule has 8 heteroatoms. The van der Waals surface area contributed by atoms with E-state index < -0.39 is 6.04 Å². The van der Waals surface area contributed by atoms with E-state index in [0.29, 0.717) is 17.1 Å². The second-order valence-corrected chi connectivity index (χ2v) is 5.58. The van der Waals surface area contributed by atoms with Gasteiger partial charge in [-0.2, -0.15) is 0 Å². The Morgan fingerprint density at radius 3 is 2.83 bits per heavy atom. The Bertz CT molecular complexity index is 630. The fourth-order valence-electron chi connectivity index (χ4n) is 1.95. The second kappa shape index (κ2) is 7.10. The van der Waals surface area contributed by atoms with E-state index in [1.165, 1.54) is 0 Å². The van der Waals surface area contributed by atoms with Crippen LogP contribution in [-0.2, 0) is 14.4 Å². The Labute approximate surface area is 133 Å². The van der Waals surface area contributed by atoms with E-state index >= 15 is 0 Å². The Morgan fingerprint density at radius 2 is 2.13 bits per heavy atom. The van der Waals surface area contributed by atoms with Crippen LogP contribution in [0.2, 0.25) is 0 Å². The largest absolute Gasteiger partial charge is 0.482 e. The van der Waals surface area contributed by atoms with Crippen molar-refractivity contribution in [3.05, 3.63) is 18.2 Å². The molecule has 0 aromatic heterocycles. The Balaban J connectivity index is 1.88. The molecule has 124 valence electrons. The van der Waals surface area contributed by atoms with Crippen LogP contribution >= 0.6 is 0 Å². The fraction of sp³-hybridized carbons (Fsp3) is 0.400. The number of anilines is 2. The Morgan fingerprint density at radius 1 is 1.39 bits per heavy atom. The number of carbonyl (C=O) groups excluding carboxylic acids is 3. The molecule has 23 heavy (non-hydrogen) atoms. The summed E-state index contributed by atoms with van der Waals surface area (Å²) in [5.41, 5.74) is 6.75. The van der Waals surface area contributed by atoms with Crippen molar-refractivity contribution < 1.29 is 19.1 Å². The highest BCUT2D eigenvalue weighted by atomic mass is 16.5. The van der Waals surface area contributed by atoms with Gasteiger partial charge in [-0.25, -0.2) is 0 Å². The molecule has 1 heterocycles. The lowest BCUT2D eigenvalue weighted by atomic mass is 10.1. The van der Waals surface area contributed by atoms with Crippen molar-refractivity contribution in [3.63, 3.8) is 0 Å². The molecule has 3 amide bonds. The van der Waals surface area contributed by atoms with Gasteiger partial charge in [-0.05, 0) is 18.1 Å². The maximum atomic E-state index is 11.9. The first kappa shape index (κ1) is 16.8. The standard InChI is InChI=1S/C15H20N4O4/c1-8(2)14(16)15(22)17-6-12(20)18-9-3-4-10-11(5-9)23-7-13(21)19-10/h3-5,8,14H,6-7,16H2,1-2H3,(H,17,22)(H,18,20)(H,19,21)/t14-/m0/s1.